The monoisotopic (exact) mass is 424 g/mol. The van der Waals surface area contributed by atoms with Gasteiger partial charge in [0, 0.05) is 38.2 Å². The van der Waals surface area contributed by atoms with Crippen LogP contribution in [0.15, 0.2) is 42.5 Å². The lowest BCUT2D eigenvalue weighted by Gasteiger charge is -2.30. The van der Waals surface area contributed by atoms with Gasteiger partial charge in [0.1, 0.15) is 0 Å². The average molecular weight is 425 g/mol. The third-order valence-corrected chi connectivity index (χ3v) is 5.72. The number of rotatable bonds is 6. The zero-order valence-electron chi connectivity index (χ0n) is 18.7. The van der Waals surface area contributed by atoms with Crippen LogP contribution >= 0.6 is 0 Å². The minimum absolute atomic E-state index is 0.158. The van der Waals surface area contributed by atoms with Gasteiger partial charge in [-0.15, -0.1) is 0 Å². The molecule has 31 heavy (non-hydrogen) atoms. The lowest BCUT2D eigenvalue weighted by atomic mass is 9.94. The molecule has 3 rings (SSSR count). The van der Waals surface area contributed by atoms with Gasteiger partial charge in [-0.1, -0.05) is 24.3 Å². The first-order chi connectivity index (χ1) is 14.8. The Morgan fingerprint density at radius 1 is 1.06 bits per heavy atom. The maximum atomic E-state index is 12.9. The van der Waals surface area contributed by atoms with E-state index in [0.29, 0.717) is 32.5 Å². The number of likely N-dealkylation sites (tertiary alicyclic amines) is 1. The van der Waals surface area contributed by atoms with Gasteiger partial charge in [-0.2, -0.15) is 0 Å². The second kappa shape index (κ2) is 9.83. The fourth-order valence-electron chi connectivity index (χ4n) is 3.90. The van der Waals surface area contributed by atoms with Gasteiger partial charge in [0.2, 0.25) is 0 Å². The van der Waals surface area contributed by atoms with Crippen molar-refractivity contribution < 1.29 is 14.3 Å². The van der Waals surface area contributed by atoms with Crippen molar-refractivity contribution in [2.24, 2.45) is 0 Å². The third kappa shape index (κ3) is 5.98. The Morgan fingerprint density at radius 2 is 1.84 bits per heavy atom. The minimum Gasteiger partial charge on any atom is -0.385 e. The summed E-state index contributed by atoms with van der Waals surface area (Å²) in [5.41, 5.74) is 4.18. The number of ether oxygens (including phenoxy) is 1. The first kappa shape index (κ1) is 22.6. The number of carbonyl (C=O) groups is 2. The van der Waals surface area contributed by atoms with Crippen molar-refractivity contribution in [3.8, 4) is 0 Å². The van der Waals surface area contributed by atoms with Gasteiger partial charge < -0.3 is 25.6 Å². The van der Waals surface area contributed by atoms with Crippen molar-refractivity contribution in [2.75, 3.05) is 37.4 Å². The van der Waals surface area contributed by atoms with E-state index in [1.54, 1.807) is 12.0 Å². The SMILES string of the molecule is COCCC1(NC(=O)Nc2cccc(C)c2)CCN(C(=O)Nc2cc(C)ccc2C)C1. The molecule has 4 amide bonds. The Morgan fingerprint density at radius 3 is 2.58 bits per heavy atom. The average Bonchev–Trinajstić information content (AvgIpc) is 3.13. The number of methoxy groups -OCH3 is 1. The van der Waals surface area contributed by atoms with E-state index in [2.05, 4.69) is 16.0 Å². The van der Waals surface area contributed by atoms with Gasteiger partial charge in [-0.25, -0.2) is 9.59 Å². The Balaban J connectivity index is 1.67. The number of carbonyl (C=O) groups excluding carboxylic acids is 2. The molecule has 0 saturated carbocycles. The van der Waals surface area contributed by atoms with Gasteiger partial charge in [-0.3, -0.25) is 0 Å². The smallest absolute Gasteiger partial charge is 0.321 e. The van der Waals surface area contributed by atoms with Crippen LogP contribution in [-0.4, -0.2) is 49.3 Å². The highest BCUT2D eigenvalue weighted by atomic mass is 16.5. The number of nitrogens with one attached hydrogen (secondary N) is 3. The molecule has 0 aliphatic carbocycles. The molecule has 1 aliphatic rings. The Bertz CT molecular complexity index is 946. The number of hydrogen-bond donors (Lipinski definition) is 3. The summed E-state index contributed by atoms with van der Waals surface area (Å²) < 4.78 is 5.27. The van der Waals surface area contributed by atoms with Crippen molar-refractivity contribution in [3.05, 3.63) is 59.2 Å². The molecule has 1 saturated heterocycles. The zero-order valence-corrected chi connectivity index (χ0v) is 18.7. The molecule has 166 valence electrons. The summed E-state index contributed by atoms with van der Waals surface area (Å²) in [6.07, 6.45) is 1.29. The molecular formula is C24H32N4O3. The highest BCUT2D eigenvalue weighted by Gasteiger charge is 2.41. The van der Waals surface area contributed by atoms with Crippen LogP contribution in [0.25, 0.3) is 0 Å². The first-order valence-corrected chi connectivity index (χ1v) is 10.6. The van der Waals surface area contributed by atoms with Gasteiger partial charge in [-0.05, 0) is 68.5 Å². The summed E-state index contributed by atoms with van der Waals surface area (Å²) in [6, 6.07) is 13.2. The van der Waals surface area contributed by atoms with Crippen LogP contribution in [0.1, 0.15) is 29.5 Å². The van der Waals surface area contributed by atoms with Crippen LogP contribution < -0.4 is 16.0 Å². The molecule has 0 radical (unpaired) electrons. The molecule has 1 atom stereocenters. The number of amides is 4. The summed E-state index contributed by atoms with van der Waals surface area (Å²) in [6.45, 7) is 7.43. The van der Waals surface area contributed by atoms with E-state index in [0.717, 1.165) is 28.1 Å². The molecule has 7 heteroatoms. The summed E-state index contributed by atoms with van der Waals surface area (Å²) in [5, 5.41) is 9.02. The largest absolute Gasteiger partial charge is 0.385 e. The van der Waals surface area contributed by atoms with Gasteiger partial charge in [0.25, 0.3) is 0 Å². The Hall–Kier alpha value is -3.06. The Labute approximate surface area is 184 Å². The molecule has 0 spiro atoms. The van der Waals surface area contributed by atoms with Crippen molar-refractivity contribution in [1.82, 2.24) is 10.2 Å². The molecule has 0 bridgehead atoms. The highest BCUT2D eigenvalue weighted by Crippen LogP contribution is 2.27. The lowest BCUT2D eigenvalue weighted by Crippen LogP contribution is -2.53. The summed E-state index contributed by atoms with van der Waals surface area (Å²) in [5.74, 6) is 0. The van der Waals surface area contributed by atoms with Gasteiger partial charge in [0.05, 0.1) is 5.54 Å². The maximum Gasteiger partial charge on any atom is 0.321 e. The molecular weight excluding hydrogens is 392 g/mol. The predicted molar refractivity (Wildman–Crippen MR) is 124 cm³/mol. The molecule has 1 unspecified atom stereocenters. The van der Waals surface area contributed by atoms with Crippen molar-refractivity contribution >= 4 is 23.4 Å². The van der Waals surface area contributed by atoms with Crippen molar-refractivity contribution in [2.45, 2.75) is 39.2 Å². The van der Waals surface area contributed by atoms with Crippen molar-refractivity contribution in [1.29, 1.82) is 0 Å². The molecule has 3 N–H and O–H groups in total. The second-order valence-electron chi connectivity index (χ2n) is 8.39. The quantitative estimate of drug-likeness (QED) is 0.641. The van der Waals surface area contributed by atoms with Gasteiger partial charge >= 0.3 is 12.1 Å². The lowest BCUT2D eigenvalue weighted by molar-refractivity contribution is 0.156. The number of benzene rings is 2. The van der Waals surface area contributed by atoms with E-state index in [4.69, 9.17) is 4.74 Å². The minimum atomic E-state index is -0.539. The van der Waals surface area contributed by atoms with Crippen molar-refractivity contribution in [3.63, 3.8) is 0 Å². The third-order valence-electron chi connectivity index (χ3n) is 5.72. The first-order valence-electron chi connectivity index (χ1n) is 10.6. The van der Waals surface area contributed by atoms with Crippen LogP contribution in [0.2, 0.25) is 0 Å². The molecule has 2 aromatic rings. The summed E-state index contributed by atoms with van der Waals surface area (Å²) in [7, 11) is 1.64. The summed E-state index contributed by atoms with van der Waals surface area (Å²) in [4.78, 5) is 27.4. The maximum absolute atomic E-state index is 12.9. The molecule has 0 aromatic heterocycles. The molecule has 2 aromatic carbocycles. The zero-order chi connectivity index (χ0) is 22.4. The van der Waals surface area contributed by atoms with E-state index in [1.165, 1.54) is 0 Å². The molecule has 1 fully saturated rings. The van der Waals surface area contributed by atoms with Crippen LogP contribution in [0, 0.1) is 20.8 Å². The number of urea groups is 2. The number of hydrogen-bond acceptors (Lipinski definition) is 3. The standard InChI is InChI=1S/C24H32N4O3/c1-17-6-5-7-20(14-17)25-22(29)27-24(11-13-31-4)10-12-28(16-24)23(30)26-21-15-18(2)8-9-19(21)3/h5-9,14-15H,10-13,16H2,1-4H3,(H,26,30)(H2,25,27,29). The topological polar surface area (TPSA) is 82.7 Å². The second-order valence-corrected chi connectivity index (χ2v) is 8.39. The number of anilines is 2. The van der Waals surface area contributed by atoms with E-state index >= 15 is 0 Å². The molecule has 7 nitrogen and oxygen atoms in total. The summed E-state index contributed by atoms with van der Waals surface area (Å²) >= 11 is 0. The van der Waals surface area contributed by atoms with Crippen LogP contribution in [0.3, 0.4) is 0 Å². The van der Waals surface area contributed by atoms with E-state index in [-0.39, 0.29) is 12.1 Å². The van der Waals surface area contributed by atoms with Crippen LogP contribution in [0.4, 0.5) is 21.0 Å². The number of nitrogens with zero attached hydrogens (tertiary/aromatic N) is 1. The fraction of sp³-hybridized carbons (Fsp3) is 0.417. The highest BCUT2D eigenvalue weighted by molar-refractivity contribution is 5.92. The molecule has 1 aliphatic heterocycles. The van der Waals surface area contributed by atoms with E-state index in [1.807, 2.05) is 63.2 Å². The van der Waals surface area contributed by atoms with Crippen LogP contribution in [-0.2, 0) is 4.74 Å². The predicted octanol–water partition coefficient (Wildman–Crippen LogP) is 4.45. The number of aryl methyl sites for hydroxylation is 3. The van der Waals surface area contributed by atoms with E-state index in [9.17, 15) is 9.59 Å². The molecule has 1 heterocycles. The fourth-order valence-corrected chi connectivity index (χ4v) is 3.90. The van der Waals surface area contributed by atoms with Crippen LogP contribution in [0.5, 0.6) is 0 Å². The van der Waals surface area contributed by atoms with E-state index < -0.39 is 5.54 Å². The Kier molecular flexibility index (Phi) is 7.17. The normalized spacial score (nSPS) is 18.0. The van der Waals surface area contributed by atoms with Gasteiger partial charge in [0.15, 0.2) is 0 Å².